The lowest BCUT2D eigenvalue weighted by Gasteiger charge is -2.27. The van der Waals surface area contributed by atoms with Gasteiger partial charge in [-0.2, -0.15) is 0 Å². The van der Waals surface area contributed by atoms with Crippen molar-refractivity contribution >= 4 is 41.4 Å². The maximum Gasteiger partial charge on any atom is 0.328 e. The Hall–Kier alpha value is -1.59. The number of hydrogen-bond donors (Lipinski definition) is 0. The van der Waals surface area contributed by atoms with Crippen molar-refractivity contribution in [3.63, 3.8) is 0 Å². The van der Waals surface area contributed by atoms with Gasteiger partial charge in [-0.15, -0.1) is 0 Å². The second-order valence-corrected chi connectivity index (χ2v) is 8.20. The number of hydrogen-bond acceptors (Lipinski definition) is 5. The molecule has 0 N–H and O–H groups in total. The van der Waals surface area contributed by atoms with Crippen LogP contribution < -0.4 is 4.74 Å². The van der Waals surface area contributed by atoms with Crippen molar-refractivity contribution in [1.82, 2.24) is 0 Å². The molecule has 0 atom stereocenters. The van der Waals surface area contributed by atoms with E-state index in [1.807, 2.05) is 0 Å². The molecule has 1 aromatic rings. The first-order valence-electron chi connectivity index (χ1n) is 10.7. The van der Waals surface area contributed by atoms with Gasteiger partial charge in [0.2, 0.25) is 0 Å². The summed E-state index contributed by atoms with van der Waals surface area (Å²) in [6, 6.07) is 2.72. The fourth-order valence-corrected chi connectivity index (χ4v) is 3.79. The molecule has 0 aliphatic rings. The third-order valence-electron chi connectivity index (χ3n) is 5.33. The molecule has 1 aromatic carbocycles. The molecule has 0 aliphatic heterocycles. The molecule has 0 saturated carbocycles. The highest BCUT2D eigenvalue weighted by molar-refractivity contribution is 6.36. The Morgan fingerprint density at radius 1 is 0.933 bits per heavy atom. The molecule has 0 fully saturated rings. The van der Waals surface area contributed by atoms with Crippen molar-refractivity contribution < 1.29 is 23.9 Å². The summed E-state index contributed by atoms with van der Waals surface area (Å²) in [5, 5.41) is 0.267. The van der Waals surface area contributed by atoms with Gasteiger partial charge in [0.15, 0.2) is 17.5 Å². The van der Waals surface area contributed by atoms with E-state index in [9.17, 15) is 14.4 Å². The summed E-state index contributed by atoms with van der Waals surface area (Å²) < 4.78 is 10.8. The molecular formula is C23H32Cl2O5. The van der Waals surface area contributed by atoms with Gasteiger partial charge in [-0.3, -0.25) is 14.4 Å². The van der Waals surface area contributed by atoms with Crippen LogP contribution in [0.1, 0.15) is 88.9 Å². The van der Waals surface area contributed by atoms with E-state index in [1.165, 1.54) is 37.8 Å². The monoisotopic (exact) mass is 458 g/mol. The maximum atomic E-state index is 12.9. The smallest absolute Gasteiger partial charge is 0.328 e. The van der Waals surface area contributed by atoms with Crippen molar-refractivity contribution in [2.45, 2.75) is 78.6 Å². The van der Waals surface area contributed by atoms with Crippen LogP contribution in [0.4, 0.5) is 0 Å². The Morgan fingerprint density at radius 2 is 1.53 bits per heavy atom. The topological polar surface area (TPSA) is 69.7 Å². The number of carbonyl (C=O) groups excluding carboxylic acids is 3. The quantitative estimate of drug-likeness (QED) is 0.100. The van der Waals surface area contributed by atoms with Crippen LogP contribution in [-0.4, -0.2) is 24.8 Å². The van der Waals surface area contributed by atoms with E-state index in [2.05, 4.69) is 6.92 Å². The van der Waals surface area contributed by atoms with Crippen LogP contribution in [0.3, 0.4) is 0 Å². The fourth-order valence-electron chi connectivity index (χ4n) is 3.24. The van der Waals surface area contributed by atoms with Crippen LogP contribution in [0.5, 0.6) is 5.75 Å². The Bertz CT molecular complexity index is 714. The van der Waals surface area contributed by atoms with Crippen LogP contribution >= 0.6 is 23.2 Å². The van der Waals surface area contributed by atoms with Crippen molar-refractivity contribution in [2.24, 2.45) is 5.41 Å². The first kappa shape index (κ1) is 26.4. The molecule has 0 amide bonds. The Kier molecular flexibility index (Phi) is 12.0. The molecule has 0 unspecified atom stereocenters. The summed E-state index contributed by atoms with van der Waals surface area (Å²) in [6.07, 6.45) is 8.63. The number of unbranched alkanes of at least 4 members (excludes halogenated alkanes) is 6. The molecule has 0 spiro atoms. The van der Waals surface area contributed by atoms with Crippen LogP contribution in [-0.2, 0) is 14.3 Å². The Morgan fingerprint density at radius 3 is 2.10 bits per heavy atom. The number of carbonyl (C=O) groups is 3. The normalized spacial score (nSPS) is 11.2. The van der Waals surface area contributed by atoms with Gasteiger partial charge in [-0.25, -0.2) is 0 Å². The third kappa shape index (κ3) is 7.28. The van der Waals surface area contributed by atoms with Gasteiger partial charge in [0.1, 0.15) is 0 Å². The highest BCUT2D eigenvalue weighted by Gasteiger charge is 2.46. The van der Waals surface area contributed by atoms with E-state index in [4.69, 9.17) is 32.7 Å². The second-order valence-electron chi connectivity index (χ2n) is 7.36. The Labute approximate surface area is 189 Å². The highest BCUT2D eigenvalue weighted by Crippen LogP contribution is 2.36. The van der Waals surface area contributed by atoms with Gasteiger partial charge in [-0.05, 0) is 31.4 Å². The van der Waals surface area contributed by atoms with Gasteiger partial charge in [0.05, 0.1) is 17.2 Å². The summed E-state index contributed by atoms with van der Waals surface area (Å²) in [4.78, 5) is 37.0. The van der Waals surface area contributed by atoms with Crippen LogP contribution in [0.15, 0.2) is 12.1 Å². The molecule has 30 heavy (non-hydrogen) atoms. The molecule has 168 valence electrons. The number of ether oxygens (including phenoxy) is 2. The molecular weight excluding hydrogens is 427 g/mol. The molecule has 0 bridgehead atoms. The molecule has 7 heteroatoms. The van der Waals surface area contributed by atoms with Crippen LogP contribution in [0.2, 0.25) is 10.0 Å². The average molecular weight is 459 g/mol. The summed E-state index contributed by atoms with van der Waals surface area (Å²) in [5.74, 6) is -1.50. The molecule has 0 saturated heterocycles. The molecule has 1 rings (SSSR count). The third-order valence-corrected chi connectivity index (χ3v) is 5.83. The Balaban J connectivity index is 2.75. The predicted molar refractivity (Wildman–Crippen MR) is 119 cm³/mol. The summed E-state index contributed by atoms with van der Waals surface area (Å²) in [6.45, 7) is 5.90. The van der Waals surface area contributed by atoms with Crippen LogP contribution in [0, 0.1) is 5.41 Å². The zero-order valence-electron chi connectivity index (χ0n) is 18.1. The number of rotatable bonds is 14. The number of halogens is 2. The van der Waals surface area contributed by atoms with Crippen molar-refractivity contribution in [3.05, 3.63) is 27.7 Å². The minimum Gasteiger partial charge on any atom is -0.465 e. The highest BCUT2D eigenvalue weighted by atomic mass is 35.5. The second kappa shape index (κ2) is 13.7. The molecule has 0 heterocycles. The lowest BCUT2D eigenvalue weighted by molar-refractivity contribution is -0.168. The zero-order valence-corrected chi connectivity index (χ0v) is 19.6. The molecule has 5 nitrogen and oxygen atoms in total. The first-order chi connectivity index (χ1) is 14.4. The fraction of sp³-hybridized carbons (Fsp3) is 0.609. The van der Waals surface area contributed by atoms with Crippen LogP contribution in [0.25, 0.3) is 0 Å². The number of aldehydes is 1. The summed E-state index contributed by atoms with van der Waals surface area (Å²) in [7, 11) is 0. The maximum absolute atomic E-state index is 12.9. The molecule has 0 aromatic heterocycles. The lowest BCUT2D eigenvalue weighted by atomic mass is 9.82. The largest absolute Gasteiger partial charge is 0.465 e. The molecule has 0 aliphatic carbocycles. The minimum atomic E-state index is -1.45. The predicted octanol–water partition coefficient (Wildman–Crippen LogP) is 6.81. The van der Waals surface area contributed by atoms with E-state index in [1.54, 1.807) is 13.8 Å². The minimum absolute atomic E-state index is 0.0236. The van der Waals surface area contributed by atoms with E-state index in [0.29, 0.717) is 6.29 Å². The summed E-state index contributed by atoms with van der Waals surface area (Å²) >= 11 is 12.0. The molecule has 0 radical (unpaired) electrons. The average Bonchev–Trinajstić information content (AvgIpc) is 2.73. The van der Waals surface area contributed by atoms with Gasteiger partial charge in [0.25, 0.3) is 0 Å². The lowest BCUT2D eigenvalue weighted by Crippen LogP contribution is -2.42. The van der Waals surface area contributed by atoms with Gasteiger partial charge in [0, 0.05) is 5.02 Å². The van der Waals surface area contributed by atoms with Gasteiger partial charge >= 0.3 is 11.9 Å². The van der Waals surface area contributed by atoms with E-state index in [-0.39, 0.29) is 40.8 Å². The SMILES string of the molecule is CCCCCCCCCOC(=O)C(CC)(CC)C(=O)Oc1c(Cl)cc(Cl)cc1C=O. The standard InChI is InChI=1S/C23H32Cl2O5/c1-4-7-8-9-10-11-12-13-29-21(27)23(5-2,6-3)22(28)30-20-17(16-26)14-18(24)15-19(20)25/h14-16H,4-13H2,1-3H3. The number of esters is 2. The van der Waals surface area contributed by atoms with E-state index < -0.39 is 17.4 Å². The van der Waals surface area contributed by atoms with Gasteiger partial charge < -0.3 is 9.47 Å². The van der Waals surface area contributed by atoms with E-state index in [0.717, 1.165) is 19.3 Å². The van der Waals surface area contributed by atoms with E-state index >= 15 is 0 Å². The first-order valence-corrected chi connectivity index (χ1v) is 11.5. The zero-order chi connectivity index (χ0) is 22.6. The summed E-state index contributed by atoms with van der Waals surface area (Å²) in [5.41, 5.74) is -1.41. The van der Waals surface area contributed by atoms with Crippen molar-refractivity contribution in [2.75, 3.05) is 6.61 Å². The van der Waals surface area contributed by atoms with Crippen molar-refractivity contribution in [3.8, 4) is 5.75 Å². The van der Waals surface area contributed by atoms with Crippen molar-refractivity contribution in [1.29, 1.82) is 0 Å². The number of benzene rings is 1. The van der Waals surface area contributed by atoms with Gasteiger partial charge in [-0.1, -0.05) is 82.5 Å².